The van der Waals surface area contributed by atoms with Gasteiger partial charge in [-0.1, -0.05) is 20.3 Å². The minimum atomic E-state index is 0.00484. The highest BCUT2D eigenvalue weighted by molar-refractivity contribution is 4.84. The molecule has 1 heterocycles. The quantitative estimate of drug-likeness (QED) is 0.772. The zero-order valence-electron chi connectivity index (χ0n) is 12.3. The van der Waals surface area contributed by atoms with Gasteiger partial charge in [0.2, 0.25) is 0 Å². The molecule has 0 aromatic carbocycles. The predicted octanol–water partition coefficient (Wildman–Crippen LogP) is 2.12. The third-order valence-corrected chi connectivity index (χ3v) is 4.25. The zero-order valence-corrected chi connectivity index (χ0v) is 12.3. The molecule has 17 heavy (non-hydrogen) atoms. The van der Waals surface area contributed by atoms with Crippen LogP contribution in [0.1, 0.15) is 40.5 Å². The van der Waals surface area contributed by atoms with Crippen LogP contribution in [-0.2, 0) is 4.74 Å². The topological polar surface area (TPSA) is 24.5 Å². The normalized spacial score (nSPS) is 24.9. The van der Waals surface area contributed by atoms with E-state index >= 15 is 0 Å². The molecule has 1 fully saturated rings. The Morgan fingerprint density at radius 1 is 1.47 bits per heavy atom. The number of hydrogen-bond acceptors (Lipinski definition) is 3. The molecular formula is C14H30N2O. The Morgan fingerprint density at radius 3 is 2.76 bits per heavy atom. The lowest BCUT2D eigenvalue weighted by Gasteiger charge is -2.40. The molecule has 0 radical (unpaired) electrons. The number of nitrogens with zero attached hydrogens (tertiary/aromatic N) is 1. The van der Waals surface area contributed by atoms with Gasteiger partial charge in [0.15, 0.2) is 0 Å². The van der Waals surface area contributed by atoms with E-state index in [1.165, 1.54) is 13.0 Å². The Kier molecular flexibility index (Phi) is 5.90. The van der Waals surface area contributed by atoms with E-state index in [2.05, 4.69) is 37.9 Å². The fourth-order valence-electron chi connectivity index (χ4n) is 2.39. The number of piperazine rings is 1. The summed E-state index contributed by atoms with van der Waals surface area (Å²) in [5, 5.41) is 3.52. The Hall–Kier alpha value is -0.120. The van der Waals surface area contributed by atoms with Crippen molar-refractivity contribution in [3.05, 3.63) is 0 Å². The van der Waals surface area contributed by atoms with Crippen molar-refractivity contribution in [2.24, 2.45) is 5.92 Å². The predicted molar refractivity (Wildman–Crippen MR) is 73.4 cm³/mol. The highest BCUT2D eigenvalue weighted by Gasteiger charge is 2.27. The minimum absolute atomic E-state index is 0.00484. The molecule has 102 valence electrons. The highest BCUT2D eigenvalue weighted by Crippen LogP contribution is 2.20. The maximum atomic E-state index is 5.51. The van der Waals surface area contributed by atoms with Crippen molar-refractivity contribution < 1.29 is 4.74 Å². The maximum Gasteiger partial charge on any atom is 0.0634 e. The molecule has 1 N–H and O–H groups in total. The Labute approximate surface area is 107 Å². The molecule has 0 aromatic heterocycles. The number of rotatable bonds is 6. The van der Waals surface area contributed by atoms with E-state index in [0.29, 0.717) is 6.04 Å². The van der Waals surface area contributed by atoms with E-state index in [9.17, 15) is 0 Å². The van der Waals surface area contributed by atoms with Crippen molar-refractivity contribution in [3.8, 4) is 0 Å². The van der Waals surface area contributed by atoms with Gasteiger partial charge in [-0.2, -0.15) is 0 Å². The van der Waals surface area contributed by atoms with Crippen LogP contribution in [0.25, 0.3) is 0 Å². The van der Waals surface area contributed by atoms with Crippen LogP contribution in [0, 0.1) is 5.92 Å². The first kappa shape index (κ1) is 14.9. The highest BCUT2D eigenvalue weighted by atomic mass is 16.5. The van der Waals surface area contributed by atoms with E-state index in [1.807, 2.05) is 7.11 Å². The largest absolute Gasteiger partial charge is 0.379 e. The summed E-state index contributed by atoms with van der Waals surface area (Å²) in [4.78, 5) is 2.64. The molecule has 0 saturated carbocycles. The van der Waals surface area contributed by atoms with Crippen LogP contribution in [0.2, 0.25) is 0 Å². The Balaban J connectivity index is 2.48. The molecule has 3 heteroatoms. The molecule has 2 unspecified atom stereocenters. The molecule has 1 aliphatic heterocycles. The summed E-state index contributed by atoms with van der Waals surface area (Å²) in [6, 6.07) is 0.696. The molecule has 0 spiro atoms. The smallest absolute Gasteiger partial charge is 0.0634 e. The number of methoxy groups -OCH3 is 1. The first-order valence-corrected chi connectivity index (χ1v) is 7.00. The summed E-state index contributed by atoms with van der Waals surface area (Å²) in [6.07, 6.45) is 2.37. The summed E-state index contributed by atoms with van der Waals surface area (Å²) in [6.45, 7) is 13.6. The van der Waals surface area contributed by atoms with Crippen molar-refractivity contribution in [2.75, 3.05) is 33.3 Å². The summed E-state index contributed by atoms with van der Waals surface area (Å²) in [5.74, 6) is 0.772. The average Bonchev–Trinajstić information content (AvgIpc) is 2.36. The lowest BCUT2D eigenvalue weighted by Crippen LogP contribution is -2.54. The standard InChI is InChI=1S/C14H30N2O/c1-6-12(2)13-11-15-8-10-16(13)9-7-14(3,4)17-5/h12-13,15H,6-11H2,1-5H3. The summed E-state index contributed by atoms with van der Waals surface area (Å²) in [5.41, 5.74) is 0.00484. The lowest BCUT2D eigenvalue weighted by atomic mass is 9.95. The van der Waals surface area contributed by atoms with Crippen LogP contribution in [-0.4, -0.2) is 49.8 Å². The van der Waals surface area contributed by atoms with Gasteiger partial charge in [-0.25, -0.2) is 0 Å². The van der Waals surface area contributed by atoms with Gasteiger partial charge in [0.05, 0.1) is 5.60 Å². The van der Waals surface area contributed by atoms with Crippen molar-refractivity contribution in [2.45, 2.75) is 52.2 Å². The Bertz CT molecular complexity index is 218. The second kappa shape index (κ2) is 6.72. The van der Waals surface area contributed by atoms with Crippen LogP contribution >= 0.6 is 0 Å². The number of hydrogen-bond donors (Lipinski definition) is 1. The van der Waals surface area contributed by atoms with Gasteiger partial charge in [0, 0.05) is 39.3 Å². The second-order valence-corrected chi connectivity index (χ2v) is 5.91. The average molecular weight is 242 g/mol. The minimum Gasteiger partial charge on any atom is -0.379 e. The van der Waals surface area contributed by atoms with E-state index in [1.54, 1.807) is 0 Å². The van der Waals surface area contributed by atoms with Gasteiger partial charge < -0.3 is 10.1 Å². The third-order valence-electron chi connectivity index (χ3n) is 4.25. The molecule has 0 bridgehead atoms. The SMILES string of the molecule is CCC(C)C1CNCCN1CCC(C)(C)OC. The molecular weight excluding hydrogens is 212 g/mol. The van der Waals surface area contributed by atoms with Crippen LogP contribution in [0.3, 0.4) is 0 Å². The monoisotopic (exact) mass is 242 g/mol. The zero-order chi connectivity index (χ0) is 12.9. The molecule has 0 aliphatic carbocycles. The van der Waals surface area contributed by atoms with Crippen LogP contribution in [0.4, 0.5) is 0 Å². The fourth-order valence-corrected chi connectivity index (χ4v) is 2.39. The van der Waals surface area contributed by atoms with Gasteiger partial charge >= 0.3 is 0 Å². The maximum absolute atomic E-state index is 5.51. The lowest BCUT2D eigenvalue weighted by molar-refractivity contribution is -0.00146. The molecule has 0 aromatic rings. The van der Waals surface area contributed by atoms with E-state index in [0.717, 1.165) is 32.0 Å². The van der Waals surface area contributed by atoms with Crippen molar-refractivity contribution in [1.82, 2.24) is 10.2 Å². The fraction of sp³-hybridized carbons (Fsp3) is 1.00. The first-order chi connectivity index (χ1) is 8.00. The molecule has 1 rings (SSSR count). The van der Waals surface area contributed by atoms with E-state index < -0.39 is 0 Å². The van der Waals surface area contributed by atoms with Crippen molar-refractivity contribution >= 4 is 0 Å². The van der Waals surface area contributed by atoms with Crippen molar-refractivity contribution in [1.29, 1.82) is 0 Å². The summed E-state index contributed by atoms with van der Waals surface area (Å²) < 4.78 is 5.51. The van der Waals surface area contributed by atoms with E-state index in [-0.39, 0.29) is 5.60 Å². The number of nitrogens with one attached hydrogen (secondary N) is 1. The third kappa shape index (κ3) is 4.57. The van der Waals surface area contributed by atoms with E-state index in [4.69, 9.17) is 4.74 Å². The number of ether oxygens (including phenoxy) is 1. The van der Waals surface area contributed by atoms with Crippen LogP contribution in [0.15, 0.2) is 0 Å². The van der Waals surface area contributed by atoms with Gasteiger partial charge in [-0.3, -0.25) is 4.90 Å². The second-order valence-electron chi connectivity index (χ2n) is 5.91. The molecule has 3 nitrogen and oxygen atoms in total. The summed E-state index contributed by atoms with van der Waals surface area (Å²) in [7, 11) is 1.81. The van der Waals surface area contributed by atoms with Crippen LogP contribution in [0.5, 0.6) is 0 Å². The molecule has 2 atom stereocenters. The summed E-state index contributed by atoms with van der Waals surface area (Å²) >= 11 is 0. The molecule has 1 aliphatic rings. The molecule has 1 saturated heterocycles. The molecule has 0 amide bonds. The first-order valence-electron chi connectivity index (χ1n) is 7.00. The van der Waals surface area contributed by atoms with Gasteiger partial charge in [0.1, 0.15) is 0 Å². The van der Waals surface area contributed by atoms with Gasteiger partial charge in [0.25, 0.3) is 0 Å². The van der Waals surface area contributed by atoms with Crippen LogP contribution < -0.4 is 5.32 Å². The Morgan fingerprint density at radius 2 is 2.18 bits per heavy atom. The van der Waals surface area contributed by atoms with Gasteiger partial charge in [-0.15, -0.1) is 0 Å². The van der Waals surface area contributed by atoms with Gasteiger partial charge in [-0.05, 0) is 26.2 Å². The van der Waals surface area contributed by atoms with Crippen molar-refractivity contribution in [3.63, 3.8) is 0 Å².